The highest BCUT2D eigenvalue weighted by Crippen LogP contribution is 2.26. The number of rotatable bonds is 7. The Kier molecular flexibility index (Phi) is 6.70. The molecule has 0 fully saturated rings. The van der Waals surface area contributed by atoms with E-state index in [2.05, 4.69) is 70.7 Å². The van der Waals surface area contributed by atoms with E-state index >= 15 is 0 Å². The molecule has 0 bridgehead atoms. The van der Waals surface area contributed by atoms with Crippen LogP contribution in [0.4, 0.5) is 0 Å². The zero-order valence-corrected chi connectivity index (χ0v) is 14.1. The summed E-state index contributed by atoms with van der Waals surface area (Å²) in [5.74, 6) is 1.31. The van der Waals surface area contributed by atoms with Gasteiger partial charge >= 0.3 is 0 Å². The highest BCUT2D eigenvalue weighted by Gasteiger charge is 2.25. The fraction of sp³-hybridized carbons (Fsp3) is 0.667. The van der Waals surface area contributed by atoms with Gasteiger partial charge in [-0.3, -0.25) is 4.90 Å². The lowest BCUT2D eigenvalue weighted by Gasteiger charge is -2.37. The predicted molar refractivity (Wildman–Crippen MR) is 88.8 cm³/mol. The predicted octanol–water partition coefficient (Wildman–Crippen LogP) is 4.00. The summed E-state index contributed by atoms with van der Waals surface area (Å²) < 4.78 is 0. The Hall–Kier alpha value is -0.860. The monoisotopic (exact) mass is 276 g/mol. The fourth-order valence-corrected chi connectivity index (χ4v) is 2.85. The van der Waals surface area contributed by atoms with Gasteiger partial charge in [-0.05, 0) is 31.2 Å². The van der Waals surface area contributed by atoms with E-state index in [1.807, 2.05) is 0 Å². The zero-order chi connectivity index (χ0) is 15.3. The van der Waals surface area contributed by atoms with Crippen molar-refractivity contribution in [2.24, 2.45) is 17.6 Å². The molecule has 2 unspecified atom stereocenters. The SMILES string of the molecule is Cc1ccc(C(C(C)N)N(CC(C)C)CC(C)C)cc1. The number of nitrogens with two attached hydrogens (primary N) is 1. The molecule has 2 atom stereocenters. The van der Waals surface area contributed by atoms with Crippen molar-refractivity contribution in [2.45, 2.75) is 53.6 Å². The number of benzene rings is 1. The topological polar surface area (TPSA) is 29.3 Å². The third-order valence-electron chi connectivity index (χ3n) is 3.51. The van der Waals surface area contributed by atoms with E-state index in [4.69, 9.17) is 5.73 Å². The molecule has 2 heteroatoms. The van der Waals surface area contributed by atoms with Gasteiger partial charge in [-0.1, -0.05) is 57.5 Å². The van der Waals surface area contributed by atoms with Gasteiger partial charge < -0.3 is 5.73 Å². The first-order valence-corrected chi connectivity index (χ1v) is 7.87. The summed E-state index contributed by atoms with van der Waals surface area (Å²) in [6.45, 7) is 15.6. The summed E-state index contributed by atoms with van der Waals surface area (Å²) in [4.78, 5) is 2.56. The Morgan fingerprint density at radius 2 is 1.35 bits per heavy atom. The van der Waals surface area contributed by atoms with Crippen LogP contribution in [-0.4, -0.2) is 24.0 Å². The van der Waals surface area contributed by atoms with Crippen LogP contribution < -0.4 is 5.73 Å². The molecule has 1 aromatic carbocycles. The van der Waals surface area contributed by atoms with Crippen LogP contribution in [0.1, 0.15) is 51.8 Å². The molecule has 114 valence electrons. The number of hydrogen-bond donors (Lipinski definition) is 1. The van der Waals surface area contributed by atoms with Gasteiger partial charge in [0.05, 0.1) is 0 Å². The highest BCUT2D eigenvalue weighted by atomic mass is 15.2. The van der Waals surface area contributed by atoms with Crippen molar-refractivity contribution in [2.75, 3.05) is 13.1 Å². The van der Waals surface area contributed by atoms with Crippen molar-refractivity contribution in [3.05, 3.63) is 35.4 Å². The van der Waals surface area contributed by atoms with E-state index < -0.39 is 0 Å². The number of aryl methyl sites for hydroxylation is 1. The summed E-state index contributed by atoms with van der Waals surface area (Å²) in [6, 6.07) is 9.28. The van der Waals surface area contributed by atoms with Crippen LogP contribution in [0.2, 0.25) is 0 Å². The summed E-state index contributed by atoms with van der Waals surface area (Å²) >= 11 is 0. The standard InChI is InChI=1S/C18H32N2/c1-13(2)11-20(12-14(3)4)18(16(6)19)17-9-7-15(5)8-10-17/h7-10,13-14,16,18H,11-12,19H2,1-6H3. The van der Waals surface area contributed by atoms with E-state index in [9.17, 15) is 0 Å². The lowest BCUT2D eigenvalue weighted by Crippen LogP contribution is -2.43. The van der Waals surface area contributed by atoms with Gasteiger partial charge in [-0.25, -0.2) is 0 Å². The molecule has 0 saturated heterocycles. The summed E-state index contributed by atoms with van der Waals surface area (Å²) in [7, 11) is 0. The lowest BCUT2D eigenvalue weighted by atomic mass is 9.96. The van der Waals surface area contributed by atoms with Crippen molar-refractivity contribution in [1.29, 1.82) is 0 Å². The second-order valence-corrected chi connectivity index (χ2v) is 6.96. The molecule has 0 radical (unpaired) electrons. The normalized spacial score (nSPS) is 15.1. The average Bonchev–Trinajstić information content (AvgIpc) is 2.29. The first-order chi connectivity index (χ1) is 9.31. The maximum Gasteiger partial charge on any atom is 0.0496 e. The summed E-state index contributed by atoms with van der Waals surface area (Å²) in [6.07, 6.45) is 0. The molecule has 0 amide bonds. The van der Waals surface area contributed by atoms with Gasteiger partial charge in [0, 0.05) is 25.2 Å². The molecule has 1 aromatic rings. The number of hydrogen-bond acceptors (Lipinski definition) is 2. The first-order valence-electron chi connectivity index (χ1n) is 7.87. The molecular weight excluding hydrogens is 244 g/mol. The average molecular weight is 276 g/mol. The van der Waals surface area contributed by atoms with Crippen LogP contribution in [0.5, 0.6) is 0 Å². The van der Waals surface area contributed by atoms with Crippen molar-refractivity contribution in [1.82, 2.24) is 4.90 Å². The number of nitrogens with zero attached hydrogens (tertiary/aromatic N) is 1. The van der Waals surface area contributed by atoms with Crippen LogP contribution >= 0.6 is 0 Å². The minimum Gasteiger partial charge on any atom is -0.326 e. The quantitative estimate of drug-likeness (QED) is 0.815. The Bertz CT molecular complexity index is 369. The Balaban J connectivity index is 3.03. The third-order valence-corrected chi connectivity index (χ3v) is 3.51. The first kappa shape index (κ1) is 17.2. The molecule has 0 aromatic heterocycles. The molecule has 20 heavy (non-hydrogen) atoms. The Labute approximate surface area is 125 Å². The van der Waals surface area contributed by atoms with Gasteiger partial charge in [0.1, 0.15) is 0 Å². The summed E-state index contributed by atoms with van der Waals surface area (Å²) in [5, 5.41) is 0. The highest BCUT2D eigenvalue weighted by molar-refractivity contribution is 5.25. The Morgan fingerprint density at radius 1 is 0.900 bits per heavy atom. The molecule has 0 aliphatic rings. The maximum atomic E-state index is 6.32. The molecule has 2 N–H and O–H groups in total. The van der Waals surface area contributed by atoms with Gasteiger partial charge in [0.2, 0.25) is 0 Å². The molecule has 0 heterocycles. The van der Waals surface area contributed by atoms with E-state index in [-0.39, 0.29) is 6.04 Å². The van der Waals surface area contributed by atoms with Crippen LogP contribution in [0, 0.1) is 18.8 Å². The van der Waals surface area contributed by atoms with Crippen molar-refractivity contribution < 1.29 is 0 Å². The van der Waals surface area contributed by atoms with Crippen molar-refractivity contribution >= 4 is 0 Å². The smallest absolute Gasteiger partial charge is 0.0496 e. The van der Waals surface area contributed by atoms with Crippen molar-refractivity contribution in [3.8, 4) is 0 Å². The Morgan fingerprint density at radius 3 is 1.70 bits per heavy atom. The lowest BCUT2D eigenvalue weighted by molar-refractivity contribution is 0.140. The maximum absolute atomic E-state index is 6.32. The molecule has 0 aliphatic heterocycles. The third kappa shape index (κ3) is 5.26. The van der Waals surface area contributed by atoms with Crippen LogP contribution in [0.3, 0.4) is 0 Å². The molecule has 0 saturated carbocycles. The second-order valence-electron chi connectivity index (χ2n) is 6.96. The zero-order valence-electron chi connectivity index (χ0n) is 14.1. The largest absolute Gasteiger partial charge is 0.326 e. The van der Waals surface area contributed by atoms with E-state index in [0.29, 0.717) is 17.9 Å². The van der Waals surface area contributed by atoms with Gasteiger partial charge in [-0.15, -0.1) is 0 Å². The summed E-state index contributed by atoms with van der Waals surface area (Å²) in [5.41, 5.74) is 8.96. The molecule has 0 aliphatic carbocycles. The minimum atomic E-state index is 0.134. The molecular formula is C18H32N2. The van der Waals surface area contributed by atoms with Gasteiger partial charge in [0.25, 0.3) is 0 Å². The van der Waals surface area contributed by atoms with Crippen molar-refractivity contribution in [3.63, 3.8) is 0 Å². The van der Waals surface area contributed by atoms with Crippen LogP contribution in [-0.2, 0) is 0 Å². The van der Waals surface area contributed by atoms with Gasteiger partial charge in [0.15, 0.2) is 0 Å². The van der Waals surface area contributed by atoms with Crippen LogP contribution in [0.25, 0.3) is 0 Å². The molecule has 0 spiro atoms. The second kappa shape index (κ2) is 7.80. The van der Waals surface area contributed by atoms with E-state index in [1.54, 1.807) is 0 Å². The van der Waals surface area contributed by atoms with Gasteiger partial charge in [-0.2, -0.15) is 0 Å². The minimum absolute atomic E-state index is 0.134. The van der Waals surface area contributed by atoms with E-state index in [0.717, 1.165) is 13.1 Å². The molecule has 2 nitrogen and oxygen atoms in total. The van der Waals surface area contributed by atoms with E-state index in [1.165, 1.54) is 11.1 Å². The van der Waals surface area contributed by atoms with Crippen LogP contribution in [0.15, 0.2) is 24.3 Å². The molecule has 1 rings (SSSR count). The fourth-order valence-electron chi connectivity index (χ4n) is 2.85.